The van der Waals surface area contributed by atoms with E-state index in [4.69, 9.17) is 0 Å². The fourth-order valence-corrected chi connectivity index (χ4v) is 5.76. The first kappa shape index (κ1) is 32.9. The van der Waals surface area contributed by atoms with Crippen molar-refractivity contribution in [1.82, 2.24) is 0 Å². The summed E-state index contributed by atoms with van der Waals surface area (Å²) in [4.78, 5) is 0. The summed E-state index contributed by atoms with van der Waals surface area (Å²) in [7, 11) is 0. The maximum Gasteiger partial charge on any atom is 0.573 e. The lowest BCUT2D eigenvalue weighted by molar-refractivity contribution is -0.275. The van der Waals surface area contributed by atoms with Crippen LogP contribution in [0.3, 0.4) is 0 Å². The number of alkyl halides is 6. The molecular weight excluding hydrogens is 634 g/mol. The highest BCUT2D eigenvalue weighted by Crippen LogP contribution is 2.60. The molecule has 236 valence electrons. The Labute approximate surface area is 269 Å². The van der Waals surface area contributed by atoms with Gasteiger partial charge < -0.3 is 9.47 Å². The van der Waals surface area contributed by atoms with Crippen molar-refractivity contribution in [2.45, 2.75) is 24.6 Å². The number of ether oxygens (including phenoxy) is 2. The number of nitrogens with zero attached hydrogens (tertiary/aromatic N) is 4. The van der Waals surface area contributed by atoms with Gasteiger partial charge in [0.25, 0.3) is 0 Å². The number of allylic oxidation sites excluding steroid dienone is 4. The van der Waals surface area contributed by atoms with Crippen molar-refractivity contribution in [2.75, 3.05) is 0 Å². The highest BCUT2D eigenvalue weighted by Gasteiger charge is 2.44. The smallest absolute Gasteiger partial charge is 0.406 e. The Morgan fingerprint density at radius 1 is 0.521 bits per heavy atom. The Morgan fingerprint density at radius 2 is 0.917 bits per heavy atom. The SMILES string of the molecule is N#CC(C#N)=C1C(c2ccc(C#N)cc2)=C(c2ccc(OC(F)(F)F)cc2)C(c2ccc(OC(F)(F)F)cc2)C1c1ccc(C#N)cc1. The summed E-state index contributed by atoms with van der Waals surface area (Å²) in [5.74, 6) is -2.71. The van der Waals surface area contributed by atoms with E-state index in [1.54, 1.807) is 24.3 Å². The molecule has 1 aliphatic carbocycles. The van der Waals surface area contributed by atoms with E-state index in [0.717, 1.165) is 24.3 Å². The maximum atomic E-state index is 13.0. The molecule has 0 saturated heterocycles. The summed E-state index contributed by atoms with van der Waals surface area (Å²) in [6.07, 6.45) is -9.92. The topological polar surface area (TPSA) is 114 Å². The van der Waals surface area contributed by atoms with Crippen molar-refractivity contribution in [3.05, 3.63) is 142 Å². The molecule has 2 unspecified atom stereocenters. The third-order valence-electron chi connectivity index (χ3n) is 7.56. The molecule has 0 aliphatic heterocycles. The van der Waals surface area contributed by atoms with Crippen LogP contribution < -0.4 is 9.47 Å². The molecule has 0 spiro atoms. The molecule has 4 aromatic carbocycles. The van der Waals surface area contributed by atoms with E-state index in [9.17, 15) is 47.4 Å². The van der Waals surface area contributed by atoms with Crippen LogP contribution >= 0.6 is 0 Å². The molecule has 0 radical (unpaired) electrons. The van der Waals surface area contributed by atoms with E-state index in [-0.39, 0.29) is 11.1 Å². The Morgan fingerprint density at radius 3 is 1.35 bits per heavy atom. The van der Waals surface area contributed by atoms with E-state index in [2.05, 4.69) is 9.47 Å². The normalized spacial score (nSPS) is 15.9. The Hall–Kier alpha value is -6.50. The van der Waals surface area contributed by atoms with Crippen LogP contribution in [0.15, 0.2) is 108 Å². The standard InChI is InChI=1S/C36H18F6N4O2/c37-35(38,39)47-28-13-9-25(10-14-28)30-31(26-11-15-29(16-12-26)48-36(40,41)42)33(24-7-3-22(18-44)4-8-24)34(27(19-45)20-46)32(30)23-5-1-21(17-43)2-6-23/h1-16,30,32H. The van der Waals surface area contributed by atoms with Gasteiger partial charge in [-0.3, -0.25) is 0 Å². The highest BCUT2D eigenvalue weighted by atomic mass is 19.4. The van der Waals surface area contributed by atoms with Gasteiger partial charge in [0, 0.05) is 11.8 Å². The van der Waals surface area contributed by atoms with Gasteiger partial charge >= 0.3 is 12.7 Å². The first-order chi connectivity index (χ1) is 22.9. The van der Waals surface area contributed by atoms with Gasteiger partial charge in [-0.05, 0) is 87.5 Å². The predicted molar refractivity (Wildman–Crippen MR) is 159 cm³/mol. The minimum absolute atomic E-state index is 0.237. The summed E-state index contributed by atoms with van der Waals surface area (Å²) >= 11 is 0. The second kappa shape index (κ2) is 13.1. The van der Waals surface area contributed by atoms with Crippen molar-refractivity contribution in [3.63, 3.8) is 0 Å². The fraction of sp³-hybridized carbons (Fsp3) is 0.111. The molecule has 6 nitrogen and oxygen atoms in total. The van der Waals surface area contributed by atoms with Crippen LogP contribution in [0.25, 0.3) is 11.1 Å². The lowest BCUT2D eigenvalue weighted by atomic mass is 9.76. The molecule has 0 amide bonds. The highest BCUT2D eigenvalue weighted by molar-refractivity contribution is 6.07. The van der Waals surface area contributed by atoms with Gasteiger partial charge in [0.1, 0.15) is 29.2 Å². The van der Waals surface area contributed by atoms with Crippen molar-refractivity contribution in [2.24, 2.45) is 0 Å². The summed E-state index contributed by atoms with van der Waals surface area (Å²) in [5, 5.41) is 39.2. The van der Waals surface area contributed by atoms with Crippen LogP contribution in [0, 0.1) is 45.3 Å². The summed E-state index contributed by atoms with van der Waals surface area (Å²) < 4.78 is 86.1. The van der Waals surface area contributed by atoms with Crippen LogP contribution in [0.2, 0.25) is 0 Å². The zero-order chi connectivity index (χ0) is 34.6. The molecule has 5 rings (SSSR count). The van der Waals surface area contributed by atoms with Crippen molar-refractivity contribution >= 4 is 11.1 Å². The van der Waals surface area contributed by atoms with E-state index in [0.29, 0.717) is 44.5 Å². The number of halogens is 6. The van der Waals surface area contributed by atoms with E-state index in [1.165, 1.54) is 48.5 Å². The zero-order valence-corrected chi connectivity index (χ0v) is 24.3. The molecule has 0 N–H and O–H groups in total. The summed E-state index contributed by atoms with van der Waals surface area (Å²) in [5.41, 5.74) is 3.11. The molecule has 4 aromatic rings. The van der Waals surface area contributed by atoms with Gasteiger partial charge in [-0.25, -0.2) is 0 Å². The van der Waals surface area contributed by atoms with Crippen LogP contribution in [0.5, 0.6) is 11.5 Å². The van der Waals surface area contributed by atoms with Gasteiger partial charge in [-0.1, -0.05) is 48.5 Å². The number of hydrogen-bond donors (Lipinski definition) is 0. The third kappa shape index (κ3) is 6.99. The van der Waals surface area contributed by atoms with Gasteiger partial charge in [-0.2, -0.15) is 21.0 Å². The number of hydrogen-bond acceptors (Lipinski definition) is 6. The summed E-state index contributed by atoms with van der Waals surface area (Å²) in [6.45, 7) is 0. The molecule has 0 saturated carbocycles. The molecule has 0 bridgehead atoms. The monoisotopic (exact) mass is 652 g/mol. The Kier molecular flexibility index (Phi) is 8.96. The van der Waals surface area contributed by atoms with Gasteiger partial charge in [0.15, 0.2) is 0 Å². The minimum Gasteiger partial charge on any atom is -0.406 e. The average molecular weight is 653 g/mol. The molecule has 48 heavy (non-hydrogen) atoms. The number of nitriles is 4. The average Bonchev–Trinajstić information content (AvgIpc) is 3.40. The lowest BCUT2D eigenvalue weighted by Gasteiger charge is -2.26. The quantitative estimate of drug-likeness (QED) is 0.152. The van der Waals surface area contributed by atoms with Crippen LogP contribution in [0.1, 0.15) is 45.2 Å². The van der Waals surface area contributed by atoms with Gasteiger partial charge in [0.2, 0.25) is 0 Å². The van der Waals surface area contributed by atoms with E-state index in [1.807, 2.05) is 24.3 Å². The largest absolute Gasteiger partial charge is 0.573 e. The molecule has 12 heteroatoms. The second-order valence-corrected chi connectivity index (χ2v) is 10.4. The van der Waals surface area contributed by atoms with Crippen LogP contribution in [-0.2, 0) is 0 Å². The molecule has 1 aliphatic rings. The molecule has 0 heterocycles. The summed E-state index contributed by atoms with van der Waals surface area (Å²) in [6, 6.07) is 30.4. The molecule has 0 fully saturated rings. The predicted octanol–water partition coefficient (Wildman–Crippen LogP) is 9.06. The maximum absolute atomic E-state index is 13.0. The van der Waals surface area contributed by atoms with E-state index < -0.39 is 36.1 Å². The Balaban J connectivity index is 1.86. The van der Waals surface area contributed by atoms with Gasteiger partial charge in [0.05, 0.1) is 23.3 Å². The van der Waals surface area contributed by atoms with Gasteiger partial charge in [-0.15, -0.1) is 26.3 Å². The fourth-order valence-electron chi connectivity index (χ4n) is 5.76. The van der Waals surface area contributed by atoms with Crippen LogP contribution in [0.4, 0.5) is 26.3 Å². The lowest BCUT2D eigenvalue weighted by Crippen LogP contribution is -2.17. The number of rotatable bonds is 6. The third-order valence-corrected chi connectivity index (χ3v) is 7.56. The van der Waals surface area contributed by atoms with Crippen molar-refractivity contribution in [3.8, 4) is 35.8 Å². The molecule has 0 aromatic heterocycles. The van der Waals surface area contributed by atoms with Crippen molar-refractivity contribution in [1.29, 1.82) is 21.0 Å². The Bertz CT molecular complexity index is 2050. The zero-order valence-electron chi connectivity index (χ0n) is 24.3. The van der Waals surface area contributed by atoms with Crippen LogP contribution in [-0.4, -0.2) is 12.7 Å². The van der Waals surface area contributed by atoms with Crippen molar-refractivity contribution < 1.29 is 35.8 Å². The second-order valence-electron chi connectivity index (χ2n) is 10.4. The molecular formula is C36H18F6N4O2. The number of benzene rings is 4. The first-order valence-electron chi connectivity index (χ1n) is 13.9. The minimum atomic E-state index is -4.96. The molecule has 2 atom stereocenters. The van der Waals surface area contributed by atoms with E-state index >= 15 is 0 Å². The first-order valence-corrected chi connectivity index (χ1v) is 13.9.